The lowest BCUT2D eigenvalue weighted by atomic mass is 10.3. The minimum atomic E-state index is -0.119. The van der Waals surface area contributed by atoms with Crippen molar-refractivity contribution in [1.29, 1.82) is 0 Å². The summed E-state index contributed by atoms with van der Waals surface area (Å²) in [6.45, 7) is 1.46. The van der Waals surface area contributed by atoms with E-state index in [0.29, 0.717) is 5.69 Å². The van der Waals surface area contributed by atoms with E-state index in [4.69, 9.17) is 2.51 Å². The third-order valence-corrected chi connectivity index (χ3v) is 3.60. The van der Waals surface area contributed by atoms with Gasteiger partial charge < -0.3 is 5.32 Å². The van der Waals surface area contributed by atoms with Crippen molar-refractivity contribution in [1.82, 2.24) is 8.96 Å². The van der Waals surface area contributed by atoms with Crippen LogP contribution in [0, 0.1) is 0 Å². The Bertz CT molecular complexity index is 575. The van der Waals surface area contributed by atoms with Crippen LogP contribution in [0.4, 0.5) is 5.69 Å². The summed E-state index contributed by atoms with van der Waals surface area (Å²) in [5, 5.41) is 3.61. The molecule has 0 radical (unpaired) electrons. The first kappa shape index (κ1) is 13.1. The highest BCUT2D eigenvalue weighted by molar-refractivity contribution is 14.1. The molecular weight excluding hydrogens is 421 g/mol. The summed E-state index contributed by atoms with van der Waals surface area (Å²) in [4.78, 5) is 15.2. The third kappa shape index (κ3) is 2.92. The molecule has 0 saturated carbocycles. The quantitative estimate of drug-likeness (QED) is 0.601. The monoisotopic (exact) mass is 427 g/mol. The van der Waals surface area contributed by atoms with Gasteiger partial charge >= 0.3 is 0 Å². The van der Waals surface area contributed by atoms with Crippen LogP contribution in [0.25, 0.3) is 11.0 Å². The fraction of sp³-hybridized carbons (Fsp3) is 0.111. The molecule has 2 aromatic rings. The Kier molecular flexibility index (Phi) is 4.28. The van der Waals surface area contributed by atoms with Crippen molar-refractivity contribution in [3.05, 3.63) is 22.9 Å². The number of pyridine rings is 1. The van der Waals surface area contributed by atoms with E-state index in [-0.39, 0.29) is 5.91 Å². The van der Waals surface area contributed by atoms with Gasteiger partial charge in [-0.1, -0.05) is 0 Å². The predicted molar refractivity (Wildman–Crippen MR) is 79.8 cm³/mol. The molecule has 0 aliphatic rings. The molecule has 0 saturated heterocycles. The topological polar surface area (TPSA) is 56.2 Å². The first-order valence-corrected chi connectivity index (χ1v) is 6.89. The third-order valence-electron chi connectivity index (χ3n) is 1.99. The summed E-state index contributed by atoms with van der Waals surface area (Å²) in [6, 6.07) is 1.86. The second kappa shape index (κ2) is 5.55. The van der Waals surface area contributed by atoms with Crippen LogP contribution < -0.4 is 5.32 Å². The maximum atomic E-state index is 11.0. The molecule has 0 aliphatic heterocycles. The molecule has 2 aromatic heterocycles. The number of anilines is 1. The Hall–Kier alpha value is -0.320. The molecule has 90 valence electrons. The first-order chi connectivity index (χ1) is 8.11. The Labute approximate surface area is 124 Å². The number of nitrogens with zero attached hydrogens (tertiary/aromatic N) is 2. The van der Waals surface area contributed by atoms with E-state index in [9.17, 15) is 4.79 Å². The average molecular weight is 428 g/mol. The van der Waals surface area contributed by atoms with E-state index in [1.54, 1.807) is 33.2 Å². The Morgan fingerprint density at radius 3 is 3.12 bits per heavy atom. The van der Waals surface area contributed by atoms with Gasteiger partial charge in [-0.05, 0) is 22.0 Å². The molecule has 8 heteroatoms. The summed E-state index contributed by atoms with van der Waals surface area (Å²) in [7, 11) is 0. The van der Waals surface area contributed by atoms with E-state index < -0.39 is 0 Å². The number of amides is 1. The highest BCUT2D eigenvalue weighted by Gasteiger charge is 2.10. The van der Waals surface area contributed by atoms with Gasteiger partial charge in [0.15, 0.2) is 5.65 Å². The molecule has 1 amide bonds. The maximum Gasteiger partial charge on any atom is 0.221 e. The average Bonchev–Trinajstić information content (AvgIpc) is 2.56. The van der Waals surface area contributed by atoms with E-state index in [1.165, 1.54) is 19.2 Å². The van der Waals surface area contributed by atoms with Crippen molar-refractivity contribution >= 4 is 73.8 Å². The summed E-state index contributed by atoms with van der Waals surface area (Å²) in [5.41, 5.74) is 1.44. The van der Waals surface area contributed by atoms with Crippen LogP contribution in [0.5, 0.6) is 0 Å². The largest absolute Gasteiger partial charge is 0.325 e. The number of carbonyl (C=O) groups excluding carboxylic acids is 1. The van der Waals surface area contributed by atoms with Crippen molar-refractivity contribution in [2.24, 2.45) is 0 Å². The molecule has 5 nitrogen and oxygen atoms in total. The predicted octanol–water partition coefficient (Wildman–Crippen LogP) is 3.54. The van der Waals surface area contributed by atoms with E-state index in [2.05, 4.69) is 26.2 Å². The highest BCUT2D eigenvalue weighted by Crippen LogP contribution is 2.30. The zero-order chi connectivity index (χ0) is 12.4. The summed E-state index contributed by atoms with van der Waals surface area (Å²) in [5.74, 6) is -0.119. The lowest BCUT2D eigenvalue weighted by molar-refractivity contribution is -0.114. The smallest absolute Gasteiger partial charge is 0.221 e. The number of carbonyl (C=O) groups is 1. The Balaban J connectivity index is 2.47. The SMILES string of the molecule is CC(=O)Nc1cnc2c(c1)c(Br)cn2SOI. The molecule has 0 bridgehead atoms. The summed E-state index contributed by atoms with van der Waals surface area (Å²) in [6.07, 6.45) is 3.47. The standard InChI is InChI=1S/C9H7BrIN3O2S/c1-5(15)13-6-2-7-8(10)4-14(17-16-11)9(7)12-3-6/h2-4H,1H3,(H,13,15). The number of hydrogen-bond acceptors (Lipinski definition) is 4. The van der Waals surface area contributed by atoms with Crippen LogP contribution in [0.15, 0.2) is 22.9 Å². The van der Waals surface area contributed by atoms with E-state index in [1.807, 2.05) is 12.3 Å². The van der Waals surface area contributed by atoms with Crippen molar-refractivity contribution < 1.29 is 7.31 Å². The maximum absolute atomic E-state index is 11.0. The number of halogens is 2. The molecule has 2 heterocycles. The van der Waals surface area contributed by atoms with Crippen LogP contribution in [0.1, 0.15) is 6.92 Å². The van der Waals surface area contributed by atoms with Gasteiger partial charge in [-0.3, -0.25) is 4.79 Å². The first-order valence-electron chi connectivity index (χ1n) is 4.51. The number of hydrogen-bond donors (Lipinski definition) is 1. The number of rotatable bonds is 3. The molecule has 17 heavy (non-hydrogen) atoms. The van der Waals surface area contributed by atoms with Gasteiger partial charge in [-0.25, -0.2) is 11.5 Å². The summed E-state index contributed by atoms with van der Waals surface area (Å²) >= 11 is 6.41. The normalized spacial score (nSPS) is 10.8. The van der Waals surface area contributed by atoms with Crippen molar-refractivity contribution in [3.63, 3.8) is 0 Å². The van der Waals surface area contributed by atoms with Crippen LogP contribution >= 0.6 is 51.2 Å². The molecule has 0 aliphatic carbocycles. The van der Waals surface area contributed by atoms with Crippen LogP contribution in [0.3, 0.4) is 0 Å². The number of aromatic nitrogens is 2. The van der Waals surface area contributed by atoms with Crippen LogP contribution in [-0.2, 0) is 7.31 Å². The Morgan fingerprint density at radius 2 is 2.47 bits per heavy atom. The molecule has 0 spiro atoms. The second-order valence-electron chi connectivity index (χ2n) is 3.22. The van der Waals surface area contributed by atoms with E-state index >= 15 is 0 Å². The fourth-order valence-electron chi connectivity index (χ4n) is 1.40. The Morgan fingerprint density at radius 1 is 1.71 bits per heavy atom. The van der Waals surface area contributed by atoms with Gasteiger partial charge in [-0.15, -0.1) is 0 Å². The highest BCUT2D eigenvalue weighted by atomic mass is 127. The van der Waals surface area contributed by atoms with Crippen LogP contribution in [-0.4, -0.2) is 14.9 Å². The molecule has 2 rings (SSSR count). The minimum Gasteiger partial charge on any atom is -0.325 e. The second-order valence-corrected chi connectivity index (χ2v) is 5.82. The van der Waals surface area contributed by atoms with Gasteiger partial charge in [0.05, 0.1) is 11.9 Å². The van der Waals surface area contributed by atoms with Gasteiger partial charge in [0, 0.05) is 23.0 Å². The molecule has 0 aromatic carbocycles. The zero-order valence-electron chi connectivity index (χ0n) is 8.61. The molecule has 0 fully saturated rings. The van der Waals surface area contributed by atoms with Gasteiger partial charge in [0.1, 0.15) is 35.2 Å². The number of fused-ring (bicyclic) bond motifs is 1. The molecular formula is C9H7BrIN3O2S. The zero-order valence-corrected chi connectivity index (χ0v) is 13.2. The molecule has 0 atom stereocenters. The van der Waals surface area contributed by atoms with Crippen LogP contribution in [0.2, 0.25) is 0 Å². The van der Waals surface area contributed by atoms with E-state index in [0.717, 1.165) is 15.5 Å². The number of nitrogens with one attached hydrogen (secondary N) is 1. The lowest BCUT2D eigenvalue weighted by Crippen LogP contribution is -2.05. The minimum absolute atomic E-state index is 0.119. The fourth-order valence-corrected chi connectivity index (χ4v) is 2.98. The van der Waals surface area contributed by atoms with Gasteiger partial charge in [-0.2, -0.15) is 0 Å². The van der Waals surface area contributed by atoms with Crippen molar-refractivity contribution in [3.8, 4) is 0 Å². The molecule has 1 N–H and O–H groups in total. The van der Waals surface area contributed by atoms with Gasteiger partial charge in [0.25, 0.3) is 0 Å². The molecule has 0 unspecified atom stereocenters. The lowest BCUT2D eigenvalue weighted by Gasteiger charge is -2.02. The van der Waals surface area contributed by atoms with Gasteiger partial charge in [0.2, 0.25) is 5.91 Å². The van der Waals surface area contributed by atoms with Crippen molar-refractivity contribution in [2.45, 2.75) is 6.92 Å². The van der Waals surface area contributed by atoms with Crippen molar-refractivity contribution in [2.75, 3.05) is 5.32 Å². The summed E-state index contributed by atoms with van der Waals surface area (Å²) < 4.78 is 7.65.